The van der Waals surface area contributed by atoms with Gasteiger partial charge in [-0.1, -0.05) is 6.07 Å². The van der Waals surface area contributed by atoms with Gasteiger partial charge in [-0.05, 0) is 55.7 Å². The second-order valence-corrected chi connectivity index (χ2v) is 8.10. The Morgan fingerprint density at radius 2 is 2.09 bits per heavy atom. The number of hydrogen-bond donors (Lipinski definition) is 2. The van der Waals surface area contributed by atoms with Crippen molar-refractivity contribution >= 4 is 10.0 Å². The molecule has 2 fully saturated rings. The summed E-state index contributed by atoms with van der Waals surface area (Å²) in [6.45, 7) is 1.74. The molecule has 3 rings (SSSR count). The second kappa shape index (κ2) is 5.65. The van der Waals surface area contributed by atoms with Crippen molar-refractivity contribution in [3.05, 3.63) is 29.3 Å². The van der Waals surface area contributed by atoms with Crippen molar-refractivity contribution in [3.8, 4) is 6.07 Å². The average molecular weight is 320 g/mol. The molecular formula is C16H20N2O3S. The SMILES string of the molecule is Cc1ccc(C#N)cc1S(=O)(=O)NC1C2CCC(C2)C1CO. The quantitative estimate of drug-likeness (QED) is 0.881. The number of aliphatic hydroxyl groups excluding tert-OH is 1. The van der Waals surface area contributed by atoms with Crippen LogP contribution in [-0.4, -0.2) is 26.2 Å². The Bertz CT molecular complexity index is 723. The lowest BCUT2D eigenvalue weighted by Gasteiger charge is -2.30. The van der Waals surface area contributed by atoms with Crippen LogP contribution in [0.15, 0.2) is 23.1 Å². The molecule has 0 radical (unpaired) electrons. The van der Waals surface area contributed by atoms with Crippen molar-refractivity contribution in [3.63, 3.8) is 0 Å². The fourth-order valence-corrected chi connectivity index (χ4v) is 5.69. The number of aryl methyl sites for hydroxylation is 1. The molecule has 0 heterocycles. The van der Waals surface area contributed by atoms with E-state index in [1.807, 2.05) is 6.07 Å². The monoisotopic (exact) mass is 320 g/mol. The summed E-state index contributed by atoms with van der Waals surface area (Å²) in [5, 5.41) is 18.6. The van der Waals surface area contributed by atoms with E-state index in [-0.39, 0.29) is 23.5 Å². The molecule has 0 saturated heterocycles. The number of aliphatic hydroxyl groups is 1. The summed E-state index contributed by atoms with van der Waals surface area (Å²) in [6.07, 6.45) is 3.10. The molecule has 2 aliphatic carbocycles. The third-order valence-corrected chi connectivity index (χ3v) is 6.80. The van der Waals surface area contributed by atoms with Gasteiger partial charge in [-0.3, -0.25) is 0 Å². The van der Waals surface area contributed by atoms with Crippen LogP contribution < -0.4 is 4.72 Å². The molecule has 2 saturated carbocycles. The number of nitrogens with one attached hydrogen (secondary N) is 1. The molecule has 5 nitrogen and oxygen atoms in total. The molecule has 118 valence electrons. The Hall–Kier alpha value is -1.42. The summed E-state index contributed by atoms with van der Waals surface area (Å²) in [5.74, 6) is 0.749. The summed E-state index contributed by atoms with van der Waals surface area (Å²) >= 11 is 0. The summed E-state index contributed by atoms with van der Waals surface area (Å²) in [7, 11) is -3.68. The highest BCUT2D eigenvalue weighted by Gasteiger charge is 2.48. The normalized spacial score (nSPS) is 30.4. The van der Waals surface area contributed by atoms with Crippen LogP contribution >= 0.6 is 0 Å². The molecule has 2 N–H and O–H groups in total. The van der Waals surface area contributed by atoms with Crippen LogP contribution in [0.25, 0.3) is 0 Å². The molecule has 2 bridgehead atoms. The Morgan fingerprint density at radius 1 is 1.36 bits per heavy atom. The molecule has 4 atom stereocenters. The highest BCUT2D eigenvalue weighted by molar-refractivity contribution is 7.89. The van der Waals surface area contributed by atoms with Gasteiger partial charge in [-0.2, -0.15) is 5.26 Å². The van der Waals surface area contributed by atoms with E-state index in [0.717, 1.165) is 19.3 Å². The smallest absolute Gasteiger partial charge is 0.241 e. The molecule has 0 amide bonds. The first-order valence-corrected chi connectivity index (χ1v) is 9.08. The third kappa shape index (κ3) is 2.54. The minimum atomic E-state index is -3.68. The molecule has 22 heavy (non-hydrogen) atoms. The number of benzene rings is 1. The second-order valence-electron chi connectivity index (χ2n) is 6.42. The van der Waals surface area contributed by atoms with Gasteiger partial charge < -0.3 is 5.11 Å². The van der Waals surface area contributed by atoms with Crippen LogP contribution in [0.4, 0.5) is 0 Å². The minimum Gasteiger partial charge on any atom is -0.396 e. The Labute approximate surface area is 131 Å². The standard InChI is InChI=1S/C16H20N2O3S/c1-10-2-3-11(8-17)6-15(10)22(20,21)18-16-13-5-4-12(7-13)14(16)9-19/h2-3,6,12-14,16,18-19H,4-5,7,9H2,1H3. The first kappa shape index (κ1) is 15.5. The van der Waals surface area contributed by atoms with Gasteiger partial charge in [-0.25, -0.2) is 13.1 Å². The van der Waals surface area contributed by atoms with E-state index in [4.69, 9.17) is 5.26 Å². The molecule has 1 aromatic rings. The summed E-state index contributed by atoms with van der Waals surface area (Å²) in [6, 6.07) is 6.46. The van der Waals surface area contributed by atoms with Gasteiger partial charge in [0.05, 0.1) is 16.5 Å². The Morgan fingerprint density at radius 3 is 2.77 bits per heavy atom. The molecule has 4 unspecified atom stereocenters. The lowest BCUT2D eigenvalue weighted by molar-refractivity contribution is 0.153. The molecule has 1 aromatic carbocycles. The number of rotatable bonds is 4. The fraction of sp³-hybridized carbons (Fsp3) is 0.562. The maximum Gasteiger partial charge on any atom is 0.241 e. The molecular weight excluding hydrogens is 300 g/mol. The Kier molecular flexibility index (Phi) is 3.98. The number of fused-ring (bicyclic) bond motifs is 2. The van der Waals surface area contributed by atoms with Crippen molar-refractivity contribution in [2.75, 3.05) is 6.61 Å². The van der Waals surface area contributed by atoms with Gasteiger partial charge in [-0.15, -0.1) is 0 Å². The van der Waals surface area contributed by atoms with Crippen LogP contribution in [0.1, 0.15) is 30.4 Å². The Balaban J connectivity index is 1.90. The van der Waals surface area contributed by atoms with Gasteiger partial charge in [0.2, 0.25) is 10.0 Å². The van der Waals surface area contributed by atoms with Crippen LogP contribution in [0.2, 0.25) is 0 Å². The number of sulfonamides is 1. The van der Waals surface area contributed by atoms with Crippen LogP contribution in [0, 0.1) is 36.0 Å². The largest absolute Gasteiger partial charge is 0.396 e. The van der Waals surface area contributed by atoms with E-state index < -0.39 is 10.0 Å². The summed E-state index contributed by atoms with van der Waals surface area (Å²) < 4.78 is 28.2. The van der Waals surface area contributed by atoms with Crippen molar-refractivity contribution in [2.45, 2.75) is 37.1 Å². The highest BCUT2D eigenvalue weighted by atomic mass is 32.2. The predicted octanol–water partition coefficient (Wildman–Crippen LogP) is 1.55. The first-order valence-electron chi connectivity index (χ1n) is 7.60. The van der Waals surface area contributed by atoms with Crippen LogP contribution in [0.5, 0.6) is 0 Å². The van der Waals surface area contributed by atoms with Crippen molar-refractivity contribution in [1.29, 1.82) is 5.26 Å². The maximum atomic E-state index is 12.7. The fourth-order valence-electron chi connectivity index (χ4n) is 4.06. The van der Waals surface area contributed by atoms with E-state index >= 15 is 0 Å². The number of hydrogen-bond acceptors (Lipinski definition) is 4. The lowest BCUT2D eigenvalue weighted by Crippen LogP contribution is -2.45. The zero-order chi connectivity index (χ0) is 15.9. The van der Waals surface area contributed by atoms with Gasteiger partial charge in [0.1, 0.15) is 0 Å². The van der Waals surface area contributed by atoms with Crippen molar-refractivity contribution in [2.24, 2.45) is 17.8 Å². The number of nitriles is 1. The predicted molar refractivity (Wildman–Crippen MR) is 81.4 cm³/mol. The third-order valence-electron chi connectivity index (χ3n) is 5.20. The summed E-state index contributed by atoms with van der Waals surface area (Å²) in [4.78, 5) is 0.158. The molecule has 0 aromatic heterocycles. The van der Waals surface area contributed by atoms with Gasteiger partial charge in [0.25, 0.3) is 0 Å². The van der Waals surface area contributed by atoms with Gasteiger partial charge in [0, 0.05) is 18.6 Å². The average Bonchev–Trinajstić information content (AvgIpc) is 3.08. The highest BCUT2D eigenvalue weighted by Crippen LogP contribution is 2.48. The molecule has 0 aliphatic heterocycles. The number of nitrogens with zero attached hydrogens (tertiary/aromatic N) is 1. The lowest BCUT2D eigenvalue weighted by atomic mass is 9.86. The summed E-state index contributed by atoms with van der Waals surface area (Å²) in [5.41, 5.74) is 0.952. The minimum absolute atomic E-state index is 0.00739. The van der Waals surface area contributed by atoms with E-state index in [2.05, 4.69) is 4.72 Å². The van der Waals surface area contributed by atoms with Crippen LogP contribution in [-0.2, 0) is 10.0 Å². The van der Waals surface area contributed by atoms with Gasteiger partial charge in [0.15, 0.2) is 0 Å². The van der Waals surface area contributed by atoms with E-state index in [9.17, 15) is 13.5 Å². The zero-order valence-electron chi connectivity index (χ0n) is 12.5. The molecule has 2 aliphatic rings. The van der Waals surface area contributed by atoms with E-state index in [1.165, 1.54) is 6.07 Å². The molecule has 6 heteroatoms. The van der Waals surface area contributed by atoms with Crippen LogP contribution in [0.3, 0.4) is 0 Å². The van der Waals surface area contributed by atoms with Crippen molar-refractivity contribution < 1.29 is 13.5 Å². The van der Waals surface area contributed by atoms with E-state index in [0.29, 0.717) is 23.0 Å². The zero-order valence-corrected chi connectivity index (χ0v) is 13.3. The molecule has 0 spiro atoms. The topological polar surface area (TPSA) is 90.2 Å². The van der Waals surface area contributed by atoms with E-state index in [1.54, 1.807) is 19.1 Å². The maximum absolute atomic E-state index is 12.7. The van der Waals surface area contributed by atoms with Crippen molar-refractivity contribution in [1.82, 2.24) is 4.72 Å². The first-order chi connectivity index (χ1) is 10.5. The van der Waals surface area contributed by atoms with Gasteiger partial charge >= 0.3 is 0 Å².